The molecule has 0 saturated carbocycles. The number of hydrogen-bond donors (Lipinski definition) is 2. The number of nitrogens with zero attached hydrogens (tertiary/aromatic N) is 1. The molecule has 0 saturated heterocycles. The lowest BCUT2D eigenvalue weighted by molar-refractivity contribution is 0.0686. The normalized spacial score (nSPS) is 11.4. The molecule has 0 aromatic carbocycles. The van der Waals surface area contributed by atoms with Crippen molar-refractivity contribution in [1.29, 1.82) is 0 Å². The Kier molecular flexibility index (Phi) is 3.54. The number of rotatable bonds is 3. The minimum absolute atomic E-state index is 0.0625. The standard InChI is InChI=1S/C8H9BrN2O4S/c1-2-16(14,15)5-3-4(9)7(10)11-6(5)8(12)13/h3H,2H2,1H3,(H2,10,11)(H,12,13). The third-order valence-corrected chi connectivity index (χ3v) is 4.26. The van der Waals surface area contributed by atoms with Gasteiger partial charge in [0.05, 0.1) is 10.2 Å². The average Bonchev–Trinajstić information content (AvgIpc) is 2.21. The van der Waals surface area contributed by atoms with Gasteiger partial charge in [0.25, 0.3) is 0 Å². The van der Waals surface area contributed by atoms with Gasteiger partial charge < -0.3 is 10.8 Å². The Morgan fingerprint density at radius 2 is 2.19 bits per heavy atom. The molecule has 0 radical (unpaired) electrons. The van der Waals surface area contributed by atoms with Crippen molar-refractivity contribution < 1.29 is 18.3 Å². The molecule has 0 bridgehead atoms. The predicted octanol–water partition coefficient (Wildman–Crippen LogP) is 0.918. The SMILES string of the molecule is CCS(=O)(=O)c1cc(Br)c(N)nc1C(=O)O. The largest absolute Gasteiger partial charge is 0.476 e. The smallest absolute Gasteiger partial charge is 0.355 e. The minimum atomic E-state index is -3.64. The first-order chi connectivity index (χ1) is 7.29. The van der Waals surface area contributed by atoms with E-state index in [9.17, 15) is 13.2 Å². The highest BCUT2D eigenvalue weighted by molar-refractivity contribution is 9.10. The molecular weight excluding hydrogens is 300 g/mol. The van der Waals surface area contributed by atoms with E-state index >= 15 is 0 Å². The second-order valence-corrected chi connectivity index (χ2v) is 6.01. The van der Waals surface area contributed by atoms with Crippen LogP contribution in [0.1, 0.15) is 17.4 Å². The zero-order valence-electron chi connectivity index (χ0n) is 8.27. The molecule has 0 aliphatic heterocycles. The summed E-state index contributed by atoms with van der Waals surface area (Å²) in [5.41, 5.74) is 4.84. The molecule has 8 heteroatoms. The number of sulfone groups is 1. The lowest BCUT2D eigenvalue weighted by Crippen LogP contribution is -2.14. The minimum Gasteiger partial charge on any atom is -0.476 e. The maximum absolute atomic E-state index is 11.6. The molecule has 16 heavy (non-hydrogen) atoms. The summed E-state index contributed by atoms with van der Waals surface area (Å²) in [6.07, 6.45) is 0. The van der Waals surface area contributed by atoms with Crippen LogP contribution in [0.25, 0.3) is 0 Å². The van der Waals surface area contributed by atoms with Crippen molar-refractivity contribution in [2.24, 2.45) is 0 Å². The molecule has 0 amide bonds. The topological polar surface area (TPSA) is 110 Å². The van der Waals surface area contributed by atoms with Gasteiger partial charge in [0.2, 0.25) is 0 Å². The number of nitrogen functional groups attached to an aromatic ring is 1. The number of aromatic nitrogens is 1. The first kappa shape index (κ1) is 12.9. The van der Waals surface area contributed by atoms with Crippen LogP contribution in [0.2, 0.25) is 0 Å². The summed E-state index contributed by atoms with van der Waals surface area (Å²) in [7, 11) is -3.64. The Balaban J connectivity index is 3.61. The summed E-state index contributed by atoms with van der Waals surface area (Å²) < 4.78 is 23.5. The fourth-order valence-corrected chi connectivity index (χ4v) is 2.54. The molecule has 6 nitrogen and oxygen atoms in total. The number of pyridine rings is 1. The highest BCUT2D eigenvalue weighted by atomic mass is 79.9. The molecule has 0 fully saturated rings. The monoisotopic (exact) mass is 308 g/mol. The molecule has 0 atom stereocenters. The predicted molar refractivity (Wildman–Crippen MR) is 61.0 cm³/mol. The molecule has 1 aromatic rings. The molecule has 0 aliphatic rings. The van der Waals surface area contributed by atoms with Gasteiger partial charge in [-0.3, -0.25) is 0 Å². The molecule has 1 heterocycles. The van der Waals surface area contributed by atoms with Crippen molar-refractivity contribution in [3.8, 4) is 0 Å². The van der Waals surface area contributed by atoms with E-state index in [-0.39, 0.29) is 20.9 Å². The van der Waals surface area contributed by atoms with Crippen molar-refractivity contribution in [2.45, 2.75) is 11.8 Å². The second-order valence-electron chi connectivity index (χ2n) is 2.91. The molecule has 1 aromatic heterocycles. The van der Waals surface area contributed by atoms with Crippen molar-refractivity contribution in [2.75, 3.05) is 11.5 Å². The van der Waals surface area contributed by atoms with Crippen molar-refractivity contribution in [3.63, 3.8) is 0 Å². The summed E-state index contributed by atoms with van der Waals surface area (Å²) >= 11 is 3.01. The Morgan fingerprint density at radius 3 is 2.62 bits per heavy atom. The zero-order chi connectivity index (χ0) is 12.5. The van der Waals surface area contributed by atoms with E-state index in [4.69, 9.17) is 10.8 Å². The van der Waals surface area contributed by atoms with E-state index in [1.807, 2.05) is 0 Å². The average molecular weight is 309 g/mol. The van der Waals surface area contributed by atoms with Gasteiger partial charge in [0, 0.05) is 0 Å². The van der Waals surface area contributed by atoms with Crippen LogP contribution in [0.4, 0.5) is 5.82 Å². The Morgan fingerprint density at radius 1 is 1.62 bits per heavy atom. The molecule has 88 valence electrons. The molecule has 0 spiro atoms. The highest BCUT2D eigenvalue weighted by Crippen LogP contribution is 2.25. The van der Waals surface area contributed by atoms with Gasteiger partial charge in [-0.25, -0.2) is 18.2 Å². The molecule has 0 unspecified atom stereocenters. The van der Waals surface area contributed by atoms with Gasteiger partial charge in [-0.15, -0.1) is 0 Å². The summed E-state index contributed by atoms with van der Waals surface area (Å²) in [5.74, 6) is -1.69. The summed E-state index contributed by atoms with van der Waals surface area (Å²) in [6.45, 7) is 1.42. The first-order valence-electron chi connectivity index (χ1n) is 4.21. The van der Waals surface area contributed by atoms with Gasteiger partial charge in [0.1, 0.15) is 10.7 Å². The van der Waals surface area contributed by atoms with Crippen LogP contribution in [-0.2, 0) is 9.84 Å². The van der Waals surface area contributed by atoms with E-state index in [1.165, 1.54) is 6.92 Å². The summed E-state index contributed by atoms with van der Waals surface area (Å²) in [5, 5.41) is 8.84. The number of carbonyl (C=O) groups is 1. The molecule has 1 rings (SSSR count). The van der Waals surface area contributed by atoms with Crippen molar-refractivity contribution in [1.82, 2.24) is 4.98 Å². The number of nitrogens with two attached hydrogens (primary N) is 1. The van der Waals surface area contributed by atoms with Gasteiger partial charge in [-0.2, -0.15) is 0 Å². The Bertz CT molecular complexity index is 541. The van der Waals surface area contributed by atoms with Gasteiger partial charge in [-0.05, 0) is 22.0 Å². The van der Waals surface area contributed by atoms with E-state index < -0.39 is 21.5 Å². The number of anilines is 1. The van der Waals surface area contributed by atoms with E-state index in [2.05, 4.69) is 20.9 Å². The van der Waals surface area contributed by atoms with E-state index in [1.54, 1.807) is 0 Å². The highest BCUT2D eigenvalue weighted by Gasteiger charge is 2.24. The number of carboxylic acid groups (broad SMARTS) is 1. The molecular formula is C8H9BrN2O4S. The number of carboxylic acids is 1. The number of halogens is 1. The van der Waals surface area contributed by atoms with Crippen LogP contribution in [0.15, 0.2) is 15.4 Å². The van der Waals surface area contributed by atoms with Crippen molar-refractivity contribution >= 4 is 37.6 Å². The summed E-state index contributed by atoms with van der Waals surface area (Å²) in [6, 6.07) is 1.16. The third kappa shape index (κ3) is 2.33. The quantitative estimate of drug-likeness (QED) is 0.859. The van der Waals surface area contributed by atoms with Gasteiger partial charge >= 0.3 is 5.97 Å². The second kappa shape index (κ2) is 4.38. The Labute approximate surface area is 101 Å². The van der Waals surface area contributed by atoms with Crippen LogP contribution in [-0.4, -0.2) is 30.2 Å². The third-order valence-electron chi connectivity index (χ3n) is 1.89. The molecule has 3 N–H and O–H groups in total. The van der Waals surface area contributed by atoms with Crippen LogP contribution in [0.3, 0.4) is 0 Å². The van der Waals surface area contributed by atoms with Crippen LogP contribution < -0.4 is 5.73 Å². The summed E-state index contributed by atoms with van der Waals surface area (Å²) in [4.78, 5) is 14.1. The maximum atomic E-state index is 11.6. The number of aromatic carboxylic acids is 1. The van der Waals surface area contributed by atoms with Crippen LogP contribution in [0.5, 0.6) is 0 Å². The Hall–Kier alpha value is -1.15. The molecule has 0 aliphatic carbocycles. The maximum Gasteiger partial charge on any atom is 0.355 e. The fraction of sp³-hybridized carbons (Fsp3) is 0.250. The lowest BCUT2D eigenvalue weighted by atomic mass is 10.3. The first-order valence-corrected chi connectivity index (χ1v) is 6.66. The van der Waals surface area contributed by atoms with Crippen molar-refractivity contribution in [3.05, 3.63) is 16.2 Å². The fourth-order valence-electron chi connectivity index (χ4n) is 1.03. The van der Waals surface area contributed by atoms with E-state index in [0.717, 1.165) is 6.07 Å². The number of hydrogen-bond acceptors (Lipinski definition) is 5. The van der Waals surface area contributed by atoms with Crippen LogP contribution >= 0.6 is 15.9 Å². The van der Waals surface area contributed by atoms with E-state index in [0.29, 0.717) is 0 Å². The van der Waals surface area contributed by atoms with Gasteiger partial charge in [-0.1, -0.05) is 6.92 Å². The lowest BCUT2D eigenvalue weighted by Gasteiger charge is -2.07. The zero-order valence-corrected chi connectivity index (χ0v) is 10.7. The van der Waals surface area contributed by atoms with Gasteiger partial charge in [0.15, 0.2) is 15.5 Å². The van der Waals surface area contributed by atoms with Crippen LogP contribution in [0, 0.1) is 0 Å².